The van der Waals surface area contributed by atoms with Crippen molar-refractivity contribution < 1.29 is 9.59 Å². The van der Waals surface area contributed by atoms with Crippen LogP contribution >= 0.6 is 0 Å². The first-order chi connectivity index (χ1) is 9.47. The van der Waals surface area contributed by atoms with Gasteiger partial charge in [-0.15, -0.1) is 0 Å². The maximum atomic E-state index is 11.8. The number of amides is 2. The van der Waals surface area contributed by atoms with Crippen LogP contribution in [0.5, 0.6) is 0 Å². The highest BCUT2D eigenvalue weighted by molar-refractivity contribution is 6.02. The molecule has 1 aliphatic heterocycles. The second-order valence-corrected chi connectivity index (χ2v) is 5.91. The lowest BCUT2D eigenvalue weighted by Gasteiger charge is -2.32. The Morgan fingerprint density at radius 3 is 2.45 bits per heavy atom. The van der Waals surface area contributed by atoms with E-state index in [1.54, 1.807) is 0 Å². The molecule has 0 radical (unpaired) electrons. The molecule has 0 unspecified atom stereocenters. The average molecular weight is 273 g/mol. The van der Waals surface area contributed by atoms with Crippen LogP contribution in [0.1, 0.15) is 18.4 Å². The smallest absolute Gasteiger partial charge is 0.248 e. The first-order valence-electron chi connectivity index (χ1n) is 6.89. The highest BCUT2D eigenvalue weighted by Crippen LogP contribution is 2.36. The van der Waals surface area contributed by atoms with Crippen LogP contribution in [0.4, 0.5) is 5.69 Å². The van der Waals surface area contributed by atoms with Gasteiger partial charge in [-0.3, -0.25) is 14.5 Å². The van der Waals surface area contributed by atoms with E-state index in [0.29, 0.717) is 0 Å². The third-order valence-corrected chi connectivity index (χ3v) is 4.12. The maximum absolute atomic E-state index is 11.8. The maximum Gasteiger partial charge on any atom is 0.248 e. The summed E-state index contributed by atoms with van der Waals surface area (Å²) in [6, 6.07) is 7.99. The van der Waals surface area contributed by atoms with Crippen molar-refractivity contribution in [1.82, 2.24) is 4.90 Å². The number of likely N-dealkylation sites (N-methyl/N-ethyl adjacent to an activating group) is 1. The first-order valence-corrected chi connectivity index (χ1v) is 6.89. The fourth-order valence-electron chi connectivity index (χ4n) is 2.52. The van der Waals surface area contributed by atoms with E-state index < -0.39 is 0 Å². The van der Waals surface area contributed by atoms with Crippen molar-refractivity contribution in [2.75, 3.05) is 25.0 Å². The zero-order valence-electron chi connectivity index (χ0n) is 11.6. The summed E-state index contributed by atoms with van der Waals surface area (Å²) >= 11 is 0. The highest BCUT2D eigenvalue weighted by atomic mass is 16.2. The SMILES string of the molecule is CN1C(=O)CN(c2cccc(CC3(N)CC3)c2)CC1=O. The fraction of sp³-hybridized carbons (Fsp3) is 0.467. The minimum atomic E-state index is -0.163. The molecule has 2 fully saturated rings. The summed E-state index contributed by atoms with van der Waals surface area (Å²) in [5.74, 6) is -0.326. The number of hydrogen-bond donors (Lipinski definition) is 1. The van der Waals surface area contributed by atoms with Crippen LogP contribution in [0.2, 0.25) is 0 Å². The van der Waals surface area contributed by atoms with E-state index in [-0.39, 0.29) is 30.4 Å². The number of nitrogens with two attached hydrogens (primary N) is 1. The molecule has 0 spiro atoms. The summed E-state index contributed by atoms with van der Waals surface area (Å²) in [6.07, 6.45) is 3.00. The number of hydrogen-bond acceptors (Lipinski definition) is 4. The molecule has 2 N–H and O–H groups in total. The predicted octanol–water partition coefficient (Wildman–Crippen LogP) is 0.525. The topological polar surface area (TPSA) is 66.6 Å². The largest absolute Gasteiger partial charge is 0.353 e. The molecule has 1 aliphatic carbocycles. The van der Waals surface area contributed by atoms with Gasteiger partial charge in [-0.25, -0.2) is 0 Å². The van der Waals surface area contributed by atoms with Gasteiger partial charge in [0.1, 0.15) is 0 Å². The van der Waals surface area contributed by atoms with E-state index in [2.05, 4.69) is 6.07 Å². The van der Waals surface area contributed by atoms with E-state index in [1.807, 2.05) is 23.1 Å². The highest BCUT2D eigenvalue weighted by Gasteiger charge is 2.38. The van der Waals surface area contributed by atoms with E-state index in [0.717, 1.165) is 24.9 Å². The van der Waals surface area contributed by atoms with E-state index in [1.165, 1.54) is 17.5 Å². The summed E-state index contributed by atoms with van der Waals surface area (Å²) in [4.78, 5) is 26.5. The Balaban J connectivity index is 1.78. The van der Waals surface area contributed by atoms with Crippen LogP contribution in [-0.4, -0.2) is 42.4 Å². The fourth-order valence-corrected chi connectivity index (χ4v) is 2.52. The van der Waals surface area contributed by atoms with Gasteiger partial charge >= 0.3 is 0 Å². The Kier molecular flexibility index (Phi) is 3.01. The van der Waals surface area contributed by atoms with Crippen LogP contribution in [0.3, 0.4) is 0 Å². The molecule has 3 rings (SSSR count). The Hall–Kier alpha value is -1.88. The lowest BCUT2D eigenvalue weighted by Crippen LogP contribution is -2.52. The zero-order chi connectivity index (χ0) is 14.3. The molecule has 5 nitrogen and oxygen atoms in total. The molecule has 0 atom stereocenters. The number of imide groups is 1. The molecule has 0 bridgehead atoms. The zero-order valence-corrected chi connectivity index (χ0v) is 11.6. The van der Waals surface area contributed by atoms with Crippen LogP contribution in [0, 0.1) is 0 Å². The number of carbonyl (C=O) groups is 2. The Morgan fingerprint density at radius 2 is 1.85 bits per heavy atom. The van der Waals surface area contributed by atoms with Gasteiger partial charge in [0.05, 0.1) is 13.1 Å². The van der Waals surface area contributed by atoms with Gasteiger partial charge < -0.3 is 10.6 Å². The standard InChI is InChI=1S/C15H19N3O2/c1-17-13(19)9-18(10-14(17)20)12-4-2-3-11(7-12)8-15(16)5-6-15/h2-4,7H,5-6,8-10,16H2,1H3. The molecule has 1 heterocycles. The van der Waals surface area contributed by atoms with Crippen molar-refractivity contribution in [2.24, 2.45) is 5.73 Å². The molecule has 1 aromatic carbocycles. The van der Waals surface area contributed by atoms with Crippen LogP contribution in [0.25, 0.3) is 0 Å². The number of rotatable bonds is 3. The van der Waals surface area contributed by atoms with Crippen molar-refractivity contribution in [3.63, 3.8) is 0 Å². The molecular formula is C15H19N3O2. The average Bonchev–Trinajstić information content (AvgIpc) is 3.13. The Bertz CT molecular complexity index is 548. The Labute approximate surface area is 118 Å². The molecule has 106 valence electrons. The van der Waals surface area contributed by atoms with Gasteiger partial charge in [-0.2, -0.15) is 0 Å². The van der Waals surface area contributed by atoms with Gasteiger partial charge in [0, 0.05) is 18.3 Å². The van der Waals surface area contributed by atoms with Crippen molar-refractivity contribution >= 4 is 17.5 Å². The third kappa shape index (κ3) is 2.54. The normalized spacial score (nSPS) is 21.3. The number of piperazine rings is 1. The molecule has 20 heavy (non-hydrogen) atoms. The number of anilines is 1. The van der Waals surface area contributed by atoms with Crippen molar-refractivity contribution in [2.45, 2.75) is 24.8 Å². The molecule has 1 saturated heterocycles. The minimum absolute atomic E-state index is 0.0353. The number of benzene rings is 1. The van der Waals surface area contributed by atoms with Gasteiger partial charge in [0.2, 0.25) is 11.8 Å². The molecule has 2 aliphatic rings. The van der Waals surface area contributed by atoms with Crippen LogP contribution in [0.15, 0.2) is 24.3 Å². The first kappa shape index (κ1) is 13.1. The number of carbonyl (C=O) groups excluding carboxylic acids is 2. The van der Waals surface area contributed by atoms with E-state index >= 15 is 0 Å². The summed E-state index contributed by atoms with van der Waals surface area (Å²) in [5, 5.41) is 0. The quantitative estimate of drug-likeness (QED) is 0.816. The predicted molar refractivity (Wildman–Crippen MR) is 76.3 cm³/mol. The van der Waals surface area contributed by atoms with Gasteiger partial charge in [-0.05, 0) is 37.0 Å². The molecule has 5 heteroatoms. The summed E-state index contributed by atoms with van der Waals surface area (Å²) < 4.78 is 0. The van der Waals surface area contributed by atoms with Crippen LogP contribution in [-0.2, 0) is 16.0 Å². The second-order valence-electron chi connectivity index (χ2n) is 5.91. The second kappa shape index (κ2) is 4.59. The Morgan fingerprint density at radius 1 is 1.20 bits per heavy atom. The summed E-state index contributed by atoms with van der Waals surface area (Å²) in [6.45, 7) is 0.499. The minimum Gasteiger partial charge on any atom is -0.353 e. The molecule has 2 amide bonds. The lowest BCUT2D eigenvalue weighted by molar-refractivity contribution is -0.143. The van der Waals surface area contributed by atoms with Gasteiger partial charge in [0.25, 0.3) is 0 Å². The van der Waals surface area contributed by atoms with E-state index in [9.17, 15) is 9.59 Å². The van der Waals surface area contributed by atoms with Crippen molar-refractivity contribution in [3.8, 4) is 0 Å². The van der Waals surface area contributed by atoms with Crippen LogP contribution < -0.4 is 10.6 Å². The molecule has 0 aromatic heterocycles. The van der Waals surface area contributed by atoms with Gasteiger partial charge in [0.15, 0.2) is 0 Å². The number of nitrogens with zero attached hydrogens (tertiary/aromatic N) is 2. The van der Waals surface area contributed by atoms with E-state index in [4.69, 9.17) is 5.73 Å². The third-order valence-electron chi connectivity index (χ3n) is 4.12. The lowest BCUT2D eigenvalue weighted by atomic mass is 10.0. The molecular weight excluding hydrogens is 254 g/mol. The van der Waals surface area contributed by atoms with Crippen molar-refractivity contribution in [1.29, 1.82) is 0 Å². The molecule has 1 aromatic rings. The van der Waals surface area contributed by atoms with Gasteiger partial charge in [-0.1, -0.05) is 12.1 Å². The monoisotopic (exact) mass is 273 g/mol. The summed E-state index contributed by atoms with van der Waals surface area (Å²) in [7, 11) is 1.53. The summed E-state index contributed by atoms with van der Waals surface area (Å²) in [5.41, 5.74) is 8.19. The molecule has 1 saturated carbocycles. The van der Waals surface area contributed by atoms with Crippen molar-refractivity contribution in [3.05, 3.63) is 29.8 Å².